The Balaban J connectivity index is 2.64. The molecule has 0 aliphatic heterocycles. The summed E-state index contributed by atoms with van der Waals surface area (Å²) in [7, 11) is 0. The lowest BCUT2D eigenvalue weighted by atomic mass is 10.2. The molecule has 1 N–H and O–H groups in total. The third-order valence-electron chi connectivity index (χ3n) is 2.07. The first-order valence-corrected chi connectivity index (χ1v) is 4.03. The van der Waals surface area contributed by atoms with Crippen molar-refractivity contribution in [1.29, 1.82) is 0 Å². The van der Waals surface area contributed by atoms with Crippen molar-refractivity contribution in [3.05, 3.63) is 36.9 Å². The van der Waals surface area contributed by atoms with Gasteiger partial charge in [0, 0.05) is 0 Å². The Morgan fingerprint density at radius 1 is 1.23 bits per heavy atom. The average Bonchev–Trinajstić information content (AvgIpc) is 2.56. The summed E-state index contributed by atoms with van der Waals surface area (Å²) in [5.41, 5.74) is 1.98. The maximum absolute atomic E-state index is 4.19. The van der Waals surface area contributed by atoms with Crippen molar-refractivity contribution in [1.82, 2.24) is 15.1 Å². The molecule has 0 atom stereocenters. The molecule has 1 aromatic carbocycles. The van der Waals surface area contributed by atoms with Crippen molar-refractivity contribution >= 4 is 16.6 Å². The highest BCUT2D eigenvalue weighted by Gasteiger charge is 2.08. The van der Waals surface area contributed by atoms with E-state index in [0.717, 1.165) is 16.6 Å². The Morgan fingerprint density at radius 3 is 3.15 bits per heavy atom. The Kier molecular flexibility index (Phi) is 1.14. The minimum atomic E-state index is 0.908. The van der Waals surface area contributed by atoms with Crippen LogP contribution in [0.2, 0.25) is 0 Å². The summed E-state index contributed by atoms with van der Waals surface area (Å²) in [6, 6.07) is 8.04. The van der Waals surface area contributed by atoms with E-state index in [1.165, 1.54) is 0 Å². The van der Waals surface area contributed by atoms with E-state index in [-0.39, 0.29) is 0 Å². The van der Waals surface area contributed by atoms with Gasteiger partial charge < -0.3 is 0 Å². The monoisotopic (exact) mass is 171 g/mol. The van der Waals surface area contributed by atoms with E-state index < -0.39 is 0 Å². The summed E-state index contributed by atoms with van der Waals surface area (Å²) >= 11 is 0. The highest BCUT2D eigenvalue weighted by Crippen LogP contribution is 2.11. The molecule has 4 heteroatoms. The van der Waals surface area contributed by atoms with Crippen molar-refractivity contribution in [3.8, 4) is 0 Å². The Bertz CT molecular complexity index is 519. The number of nitrogens with one attached hydrogen (secondary N) is 1. The van der Waals surface area contributed by atoms with Crippen molar-refractivity contribution in [2.75, 3.05) is 0 Å². The predicted octanol–water partition coefficient (Wildman–Crippen LogP) is 0.697. The summed E-state index contributed by atoms with van der Waals surface area (Å²) in [5.74, 6) is 0. The summed E-state index contributed by atoms with van der Waals surface area (Å²) in [4.78, 5) is 8.12. The van der Waals surface area contributed by atoms with Gasteiger partial charge in [-0.05, 0) is 12.1 Å². The minimum absolute atomic E-state index is 0.908. The van der Waals surface area contributed by atoms with Crippen molar-refractivity contribution in [3.63, 3.8) is 0 Å². The fraction of sp³-hybridized carbons (Fsp3) is 0. The molecule has 0 radical (unpaired) electrons. The molecule has 2 heterocycles. The number of rotatable bonds is 0. The normalized spacial score (nSPS) is 11.1. The van der Waals surface area contributed by atoms with E-state index in [2.05, 4.69) is 15.1 Å². The number of H-pyrrole nitrogens is 1. The van der Waals surface area contributed by atoms with Gasteiger partial charge in [-0.1, -0.05) is 22.1 Å². The van der Waals surface area contributed by atoms with Crippen LogP contribution in [0.25, 0.3) is 16.6 Å². The quantitative estimate of drug-likeness (QED) is 0.506. The lowest BCUT2D eigenvalue weighted by Crippen LogP contribution is -2.23. The number of aromatic amines is 1. The fourth-order valence-corrected chi connectivity index (χ4v) is 1.49. The molecule has 0 unspecified atom stereocenters. The number of benzene rings is 1. The lowest BCUT2D eigenvalue weighted by Gasteiger charge is -1.80. The van der Waals surface area contributed by atoms with E-state index >= 15 is 0 Å². The van der Waals surface area contributed by atoms with Crippen LogP contribution < -0.4 is 4.52 Å². The maximum Gasteiger partial charge on any atom is 0.297 e. The molecule has 0 spiro atoms. The minimum Gasteiger partial charge on any atom is -0.243 e. The number of para-hydroxylation sites is 1. The van der Waals surface area contributed by atoms with Crippen molar-refractivity contribution < 1.29 is 4.52 Å². The molecule has 0 fully saturated rings. The standard InChI is InChI=1S/C9H6N4/c1-2-4-8-7(3-1)9-11-5-10-6-13(9)12-8/h1-6H/p+1. The van der Waals surface area contributed by atoms with Crippen molar-refractivity contribution in [2.45, 2.75) is 0 Å². The molecular weight excluding hydrogens is 164 g/mol. The van der Waals surface area contributed by atoms with Gasteiger partial charge >= 0.3 is 0 Å². The maximum atomic E-state index is 4.19. The van der Waals surface area contributed by atoms with Crippen LogP contribution >= 0.6 is 0 Å². The number of hydrogen-bond acceptors (Lipinski definition) is 2. The van der Waals surface area contributed by atoms with Crippen LogP contribution in [-0.4, -0.2) is 15.1 Å². The Hall–Kier alpha value is -1.97. The largest absolute Gasteiger partial charge is 0.297 e. The number of fused-ring (bicyclic) bond motifs is 3. The highest BCUT2D eigenvalue weighted by atomic mass is 15.3. The molecule has 0 aliphatic rings. The van der Waals surface area contributed by atoms with E-state index in [4.69, 9.17) is 0 Å². The molecule has 0 amide bonds. The van der Waals surface area contributed by atoms with Gasteiger partial charge in [0.05, 0.1) is 10.9 Å². The van der Waals surface area contributed by atoms with Gasteiger partial charge in [0.25, 0.3) is 18.3 Å². The molecule has 3 aromatic rings. The summed E-state index contributed by atoms with van der Waals surface area (Å²) < 4.78 is 1.81. The second-order valence-corrected chi connectivity index (χ2v) is 2.86. The third kappa shape index (κ3) is 0.823. The van der Waals surface area contributed by atoms with Gasteiger partial charge in [0.2, 0.25) is 0 Å². The first-order valence-electron chi connectivity index (χ1n) is 4.03. The second-order valence-electron chi connectivity index (χ2n) is 2.86. The van der Waals surface area contributed by atoms with Crippen LogP contribution in [-0.2, 0) is 0 Å². The zero-order valence-corrected chi connectivity index (χ0v) is 6.81. The predicted molar refractivity (Wildman–Crippen MR) is 47.0 cm³/mol. The molecule has 0 saturated heterocycles. The number of aromatic nitrogens is 4. The lowest BCUT2D eigenvalue weighted by molar-refractivity contribution is -0.580. The summed E-state index contributed by atoms with van der Waals surface area (Å²) in [5, 5.41) is 4.29. The highest BCUT2D eigenvalue weighted by molar-refractivity contribution is 5.88. The van der Waals surface area contributed by atoms with Gasteiger partial charge in [0.15, 0.2) is 0 Å². The molecule has 3 rings (SSSR count). The molecular formula is C9H7N4+. The van der Waals surface area contributed by atoms with E-state index in [9.17, 15) is 0 Å². The molecule has 0 aliphatic carbocycles. The first-order chi connectivity index (χ1) is 6.45. The summed E-state index contributed by atoms with van der Waals surface area (Å²) in [6.07, 6.45) is 3.26. The van der Waals surface area contributed by atoms with Crippen LogP contribution in [0.4, 0.5) is 0 Å². The zero-order valence-electron chi connectivity index (χ0n) is 6.81. The van der Waals surface area contributed by atoms with Crippen molar-refractivity contribution in [2.24, 2.45) is 0 Å². The number of hydrogen-bond donors (Lipinski definition) is 1. The Labute approximate surface area is 73.9 Å². The topological polar surface area (TPSA) is 45.7 Å². The van der Waals surface area contributed by atoms with E-state index in [0.29, 0.717) is 0 Å². The molecule has 62 valence electrons. The van der Waals surface area contributed by atoms with Gasteiger partial charge in [-0.2, -0.15) is 0 Å². The van der Waals surface area contributed by atoms with Crippen LogP contribution in [0.15, 0.2) is 36.9 Å². The molecule has 4 nitrogen and oxygen atoms in total. The van der Waals surface area contributed by atoms with Gasteiger partial charge in [-0.15, -0.1) is 4.52 Å². The summed E-state index contributed by atoms with van der Waals surface area (Å²) in [6.45, 7) is 0. The Morgan fingerprint density at radius 2 is 2.15 bits per heavy atom. The zero-order chi connectivity index (χ0) is 8.67. The molecule has 0 bridgehead atoms. The fourth-order valence-electron chi connectivity index (χ4n) is 1.49. The van der Waals surface area contributed by atoms with Gasteiger partial charge in [-0.3, -0.25) is 0 Å². The van der Waals surface area contributed by atoms with Crippen LogP contribution in [0.3, 0.4) is 0 Å². The molecule has 2 aromatic heterocycles. The third-order valence-corrected chi connectivity index (χ3v) is 2.07. The van der Waals surface area contributed by atoms with Gasteiger partial charge in [-0.25, -0.2) is 5.10 Å². The van der Waals surface area contributed by atoms with Crippen LogP contribution in [0.5, 0.6) is 0 Å². The SMILES string of the molecule is c1ccc2c(c1)[nH][n+]1cncnc21. The number of nitrogens with zero attached hydrogens (tertiary/aromatic N) is 3. The first kappa shape index (κ1) is 6.54. The second kappa shape index (κ2) is 2.26. The van der Waals surface area contributed by atoms with Crippen LogP contribution in [0.1, 0.15) is 0 Å². The van der Waals surface area contributed by atoms with E-state index in [1.54, 1.807) is 12.7 Å². The van der Waals surface area contributed by atoms with Gasteiger partial charge in [0.1, 0.15) is 0 Å². The smallest absolute Gasteiger partial charge is 0.243 e. The molecule has 13 heavy (non-hydrogen) atoms. The average molecular weight is 171 g/mol. The van der Waals surface area contributed by atoms with E-state index in [1.807, 2.05) is 28.8 Å². The van der Waals surface area contributed by atoms with Crippen LogP contribution in [0, 0.1) is 0 Å². The molecule has 0 saturated carbocycles.